The van der Waals surface area contributed by atoms with Crippen molar-refractivity contribution in [3.8, 4) is 0 Å². The van der Waals surface area contributed by atoms with Crippen LogP contribution in [0.15, 0.2) is 17.4 Å². The lowest BCUT2D eigenvalue weighted by molar-refractivity contribution is 0.616. The third-order valence-electron chi connectivity index (χ3n) is 1.90. The van der Waals surface area contributed by atoms with Crippen LogP contribution in [0, 0.1) is 0 Å². The Labute approximate surface area is 98.7 Å². The summed E-state index contributed by atoms with van der Waals surface area (Å²) >= 11 is 1.52. The van der Waals surface area contributed by atoms with Gasteiger partial charge in [0, 0.05) is 11.6 Å². The molecule has 0 saturated heterocycles. The molecule has 2 aromatic heterocycles. The second-order valence-electron chi connectivity index (χ2n) is 4.51. The van der Waals surface area contributed by atoms with Crippen LogP contribution in [0.3, 0.4) is 0 Å². The van der Waals surface area contributed by atoms with Gasteiger partial charge in [0.05, 0.1) is 6.20 Å². The standard InChI is InChI=1S/C10H15N5S/c1-10(2,3)14-8-13-9(16-4)12-7-5-6-11-15(7)8/h5-6H,1-4H3,(H,12,13,14). The average molecular weight is 237 g/mol. The molecule has 0 atom stereocenters. The molecule has 2 heterocycles. The third kappa shape index (κ3) is 2.27. The van der Waals surface area contributed by atoms with E-state index >= 15 is 0 Å². The van der Waals surface area contributed by atoms with E-state index in [1.165, 1.54) is 11.8 Å². The molecule has 0 radical (unpaired) electrons. The van der Waals surface area contributed by atoms with Crippen molar-refractivity contribution in [3.63, 3.8) is 0 Å². The van der Waals surface area contributed by atoms with Gasteiger partial charge >= 0.3 is 0 Å². The average Bonchev–Trinajstić information content (AvgIpc) is 2.63. The molecule has 1 N–H and O–H groups in total. The number of aromatic nitrogens is 4. The van der Waals surface area contributed by atoms with Crippen molar-refractivity contribution in [1.82, 2.24) is 19.6 Å². The normalized spacial score (nSPS) is 12.0. The number of fused-ring (bicyclic) bond motifs is 1. The minimum Gasteiger partial charge on any atom is -0.349 e. The highest BCUT2D eigenvalue weighted by Gasteiger charge is 2.14. The quantitative estimate of drug-likeness (QED) is 0.810. The van der Waals surface area contributed by atoms with Gasteiger partial charge in [-0.15, -0.1) is 0 Å². The summed E-state index contributed by atoms with van der Waals surface area (Å²) in [4.78, 5) is 8.77. The summed E-state index contributed by atoms with van der Waals surface area (Å²) in [5.74, 6) is 0.729. The zero-order valence-electron chi connectivity index (χ0n) is 9.85. The van der Waals surface area contributed by atoms with Crippen molar-refractivity contribution in [2.45, 2.75) is 31.5 Å². The topological polar surface area (TPSA) is 55.1 Å². The Balaban J connectivity index is 2.52. The van der Waals surface area contributed by atoms with E-state index in [9.17, 15) is 0 Å². The van der Waals surface area contributed by atoms with Gasteiger partial charge < -0.3 is 5.32 Å². The Hall–Kier alpha value is -1.30. The summed E-state index contributed by atoms with van der Waals surface area (Å²) in [5.41, 5.74) is 0.759. The van der Waals surface area contributed by atoms with Crippen LogP contribution in [0.2, 0.25) is 0 Å². The van der Waals surface area contributed by atoms with Crippen LogP contribution in [0.25, 0.3) is 5.65 Å². The van der Waals surface area contributed by atoms with Gasteiger partial charge in [-0.1, -0.05) is 11.8 Å². The first-order valence-electron chi connectivity index (χ1n) is 5.03. The maximum absolute atomic E-state index is 4.42. The van der Waals surface area contributed by atoms with Crippen LogP contribution in [-0.4, -0.2) is 31.4 Å². The van der Waals surface area contributed by atoms with E-state index in [0.717, 1.165) is 16.8 Å². The SMILES string of the molecule is CSc1nc(NC(C)(C)C)n2nccc2n1. The lowest BCUT2D eigenvalue weighted by Crippen LogP contribution is -2.28. The van der Waals surface area contributed by atoms with E-state index in [1.54, 1.807) is 10.7 Å². The van der Waals surface area contributed by atoms with Crippen LogP contribution >= 0.6 is 11.8 Å². The molecule has 0 spiro atoms. The second kappa shape index (κ2) is 3.93. The Morgan fingerprint density at radius 3 is 2.69 bits per heavy atom. The van der Waals surface area contributed by atoms with Crippen LogP contribution in [-0.2, 0) is 0 Å². The fourth-order valence-electron chi connectivity index (χ4n) is 1.31. The lowest BCUT2D eigenvalue weighted by Gasteiger charge is -2.21. The first-order chi connectivity index (χ1) is 7.49. The smallest absolute Gasteiger partial charge is 0.228 e. The van der Waals surface area contributed by atoms with Gasteiger partial charge in [-0.2, -0.15) is 14.6 Å². The predicted octanol–water partition coefficient (Wildman–Crippen LogP) is 2.06. The molecule has 0 saturated carbocycles. The fraction of sp³-hybridized carbons (Fsp3) is 0.500. The highest BCUT2D eigenvalue weighted by molar-refractivity contribution is 7.98. The summed E-state index contributed by atoms with van der Waals surface area (Å²) < 4.78 is 1.71. The predicted molar refractivity (Wildman–Crippen MR) is 65.9 cm³/mol. The van der Waals surface area contributed by atoms with Crippen molar-refractivity contribution >= 4 is 23.4 Å². The Morgan fingerprint density at radius 1 is 1.31 bits per heavy atom. The number of nitrogens with one attached hydrogen (secondary N) is 1. The molecule has 0 aliphatic carbocycles. The van der Waals surface area contributed by atoms with Gasteiger partial charge in [-0.25, -0.2) is 4.98 Å². The molecule has 5 nitrogen and oxygen atoms in total. The molecular weight excluding hydrogens is 222 g/mol. The fourth-order valence-corrected chi connectivity index (χ4v) is 1.68. The molecule has 2 rings (SSSR count). The molecule has 0 aromatic carbocycles. The van der Waals surface area contributed by atoms with Crippen molar-refractivity contribution in [3.05, 3.63) is 12.3 Å². The first-order valence-corrected chi connectivity index (χ1v) is 6.26. The van der Waals surface area contributed by atoms with Crippen LogP contribution in [0.5, 0.6) is 0 Å². The molecule has 0 aliphatic heterocycles. The molecule has 0 amide bonds. The number of hydrogen-bond donors (Lipinski definition) is 1. The Kier molecular flexibility index (Phi) is 2.75. The molecular formula is C10H15N5S. The van der Waals surface area contributed by atoms with Gasteiger partial charge in [0.2, 0.25) is 5.95 Å². The third-order valence-corrected chi connectivity index (χ3v) is 2.45. The van der Waals surface area contributed by atoms with E-state index in [-0.39, 0.29) is 5.54 Å². The summed E-state index contributed by atoms with van der Waals surface area (Å²) in [7, 11) is 0. The number of anilines is 1. The molecule has 6 heteroatoms. The molecule has 0 bridgehead atoms. The molecule has 0 unspecified atom stereocenters. The molecule has 0 fully saturated rings. The van der Waals surface area contributed by atoms with Gasteiger partial charge in [0.1, 0.15) is 0 Å². The molecule has 16 heavy (non-hydrogen) atoms. The van der Waals surface area contributed by atoms with Crippen molar-refractivity contribution in [1.29, 1.82) is 0 Å². The first kappa shape index (κ1) is 11.2. The van der Waals surface area contributed by atoms with Gasteiger partial charge in [0.15, 0.2) is 10.8 Å². The van der Waals surface area contributed by atoms with Crippen LogP contribution in [0.1, 0.15) is 20.8 Å². The van der Waals surface area contributed by atoms with Crippen molar-refractivity contribution in [2.24, 2.45) is 0 Å². The van der Waals surface area contributed by atoms with Crippen molar-refractivity contribution < 1.29 is 0 Å². The summed E-state index contributed by atoms with van der Waals surface area (Å²) in [6, 6.07) is 1.87. The number of rotatable bonds is 2. The lowest BCUT2D eigenvalue weighted by atomic mass is 10.1. The highest BCUT2D eigenvalue weighted by atomic mass is 32.2. The zero-order chi connectivity index (χ0) is 11.8. The van der Waals surface area contributed by atoms with Crippen LogP contribution in [0.4, 0.5) is 5.95 Å². The maximum atomic E-state index is 4.42. The van der Waals surface area contributed by atoms with E-state index < -0.39 is 0 Å². The summed E-state index contributed by atoms with van der Waals surface area (Å²) in [5, 5.41) is 8.27. The number of thioether (sulfide) groups is 1. The molecule has 0 aliphatic rings. The summed E-state index contributed by atoms with van der Waals surface area (Å²) in [6.07, 6.45) is 3.69. The Bertz CT molecular complexity index is 499. The monoisotopic (exact) mass is 237 g/mol. The van der Waals surface area contributed by atoms with Gasteiger partial charge in [0.25, 0.3) is 0 Å². The van der Waals surface area contributed by atoms with Gasteiger partial charge in [-0.3, -0.25) is 0 Å². The van der Waals surface area contributed by atoms with E-state index in [4.69, 9.17) is 0 Å². The number of hydrogen-bond acceptors (Lipinski definition) is 5. The van der Waals surface area contributed by atoms with E-state index in [0.29, 0.717) is 0 Å². The van der Waals surface area contributed by atoms with E-state index in [1.807, 2.05) is 12.3 Å². The Morgan fingerprint density at radius 2 is 2.06 bits per heavy atom. The number of nitrogens with zero attached hydrogens (tertiary/aromatic N) is 4. The van der Waals surface area contributed by atoms with Crippen molar-refractivity contribution in [2.75, 3.05) is 11.6 Å². The largest absolute Gasteiger partial charge is 0.349 e. The van der Waals surface area contributed by atoms with E-state index in [2.05, 4.69) is 41.2 Å². The maximum Gasteiger partial charge on any atom is 0.228 e. The minimum atomic E-state index is -0.0527. The molecule has 2 aromatic rings. The second-order valence-corrected chi connectivity index (χ2v) is 5.28. The highest BCUT2D eigenvalue weighted by Crippen LogP contribution is 2.17. The van der Waals surface area contributed by atoms with Crippen LogP contribution < -0.4 is 5.32 Å². The van der Waals surface area contributed by atoms with Gasteiger partial charge in [-0.05, 0) is 27.0 Å². The molecule has 86 valence electrons. The zero-order valence-corrected chi connectivity index (χ0v) is 10.7. The minimum absolute atomic E-state index is 0.0527. The summed E-state index contributed by atoms with van der Waals surface area (Å²) in [6.45, 7) is 6.26.